The Hall–Kier alpha value is -1.85. The maximum absolute atomic E-state index is 12.6. The molecule has 2 aromatic rings. The van der Waals surface area contributed by atoms with Crippen LogP contribution in [0.25, 0.3) is 0 Å². The second kappa shape index (κ2) is 5.16. The van der Waals surface area contributed by atoms with E-state index in [9.17, 15) is 13.2 Å². The monoisotopic (exact) mass is 321 g/mol. The van der Waals surface area contributed by atoms with Crippen molar-refractivity contribution in [3.8, 4) is 0 Å². The van der Waals surface area contributed by atoms with Crippen molar-refractivity contribution in [3.63, 3.8) is 0 Å². The molecule has 0 unspecified atom stereocenters. The van der Waals surface area contributed by atoms with Crippen molar-refractivity contribution in [2.45, 2.75) is 11.3 Å². The molecule has 1 heterocycles. The van der Waals surface area contributed by atoms with Crippen LogP contribution in [0.4, 0.5) is 5.69 Å². The molecular weight excluding hydrogens is 310 g/mol. The number of para-hydroxylation sites is 1. The van der Waals surface area contributed by atoms with Gasteiger partial charge in [-0.1, -0.05) is 24.3 Å². The smallest absolute Gasteiger partial charge is 0.261 e. The van der Waals surface area contributed by atoms with Crippen LogP contribution < -0.4 is 4.90 Å². The molecule has 108 valence electrons. The van der Waals surface area contributed by atoms with Gasteiger partial charge in [-0.15, -0.1) is 0 Å². The van der Waals surface area contributed by atoms with E-state index < -0.39 is 9.05 Å². The molecule has 0 saturated carbocycles. The second-order valence-electron chi connectivity index (χ2n) is 4.80. The molecule has 4 nitrogen and oxygen atoms in total. The zero-order chi connectivity index (χ0) is 15.0. The van der Waals surface area contributed by atoms with Crippen molar-refractivity contribution >= 4 is 31.3 Å². The van der Waals surface area contributed by atoms with Crippen molar-refractivity contribution in [3.05, 3.63) is 59.7 Å². The molecule has 6 heteroatoms. The average molecular weight is 322 g/mol. The van der Waals surface area contributed by atoms with Gasteiger partial charge in [0, 0.05) is 28.5 Å². The summed E-state index contributed by atoms with van der Waals surface area (Å²) in [6, 6.07) is 13.5. The quantitative estimate of drug-likeness (QED) is 0.799. The van der Waals surface area contributed by atoms with Crippen LogP contribution in [0.5, 0.6) is 0 Å². The minimum absolute atomic E-state index is 0.0671. The first kappa shape index (κ1) is 14.1. The number of hydrogen-bond donors (Lipinski definition) is 0. The number of amides is 1. The fourth-order valence-corrected chi connectivity index (χ4v) is 3.28. The summed E-state index contributed by atoms with van der Waals surface area (Å²) in [4.78, 5) is 14.2. The lowest BCUT2D eigenvalue weighted by Crippen LogP contribution is -2.28. The van der Waals surface area contributed by atoms with Gasteiger partial charge in [-0.3, -0.25) is 4.79 Å². The number of carbonyl (C=O) groups is 1. The molecule has 21 heavy (non-hydrogen) atoms. The molecule has 0 saturated heterocycles. The van der Waals surface area contributed by atoms with Crippen LogP contribution in [0.1, 0.15) is 15.9 Å². The molecule has 0 radical (unpaired) electrons. The van der Waals surface area contributed by atoms with E-state index >= 15 is 0 Å². The molecule has 1 aliphatic rings. The van der Waals surface area contributed by atoms with Crippen LogP contribution in [-0.4, -0.2) is 20.9 Å². The van der Waals surface area contributed by atoms with Gasteiger partial charge in [0.05, 0.1) is 4.90 Å². The largest absolute Gasteiger partial charge is 0.308 e. The molecule has 0 fully saturated rings. The zero-order valence-corrected chi connectivity index (χ0v) is 12.6. The number of hydrogen-bond acceptors (Lipinski definition) is 3. The number of rotatable bonds is 2. The zero-order valence-electron chi connectivity index (χ0n) is 11.0. The summed E-state index contributed by atoms with van der Waals surface area (Å²) in [6.07, 6.45) is 0.801. The number of anilines is 1. The van der Waals surface area contributed by atoms with E-state index in [1.165, 1.54) is 18.2 Å². The lowest BCUT2D eigenvalue weighted by molar-refractivity contribution is 0.0989. The maximum Gasteiger partial charge on any atom is 0.261 e. The van der Waals surface area contributed by atoms with E-state index in [-0.39, 0.29) is 10.8 Å². The molecule has 1 aliphatic heterocycles. The van der Waals surface area contributed by atoms with Gasteiger partial charge in [-0.25, -0.2) is 8.42 Å². The number of nitrogens with zero attached hydrogens (tertiary/aromatic N) is 1. The molecule has 0 atom stereocenters. The number of fused-ring (bicyclic) bond motifs is 1. The van der Waals surface area contributed by atoms with E-state index in [4.69, 9.17) is 10.7 Å². The van der Waals surface area contributed by atoms with E-state index in [0.717, 1.165) is 17.7 Å². The Kier molecular flexibility index (Phi) is 3.47. The van der Waals surface area contributed by atoms with Gasteiger partial charge in [0.1, 0.15) is 0 Å². The van der Waals surface area contributed by atoms with Crippen LogP contribution in [0.15, 0.2) is 53.4 Å². The normalized spacial score (nSPS) is 14.0. The molecule has 0 spiro atoms. The van der Waals surface area contributed by atoms with Gasteiger partial charge in [-0.05, 0) is 36.2 Å². The second-order valence-corrected chi connectivity index (χ2v) is 7.37. The molecule has 0 aliphatic carbocycles. The lowest BCUT2D eigenvalue weighted by atomic mass is 10.1. The standard InChI is InChI=1S/C15H12ClNO3S/c16-21(19,20)13-6-3-5-12(10-13)15(18)17-9-8-11-4-1-2-7-14(11)17/h1-7,10H,8-9H2. The van der Waals surface area contributed by atoms with Gasteiger partial charge in [0.2, 0.25) is 0 Å². The number of benzene rings is 2. The third kappa shape index (κ3) is 2.66. The van der Waals surface area contributed by atoms with Gasteiger partial charge in [0.25, 0.3) is 15.0 Å². The molecule has 0 bridgehead atoms. The highest BCUT2D eigenvalue weighted by Gasteiger charge is 2.25. The minimum atomic E-state index is -3.84. The summed E-state index contributed by atoms with van der Waals surface area (Å²) >= 11 is 0. The van der Waals surface area contributed by atoms with Crippen LogP contribution in [0, 0.1) is 0 Å². The fourth-order valence-electron chi connectivity index (χ4n) is 2.49. The third-order valence-electron chi connectivity index (χ3n) is 3.49. The van der Waals surface area contributed by atoms with Crippen molar-refractivity contribution < 1.29 is 13.2 Å². The molecule has 0 N–H and O–H groups in total. The Bertz CT molecular complexity index is 817. The Morgan fingerprint density at radius 1 is 1.10 bits per heavy atom. The third-order valence-corrected chi connectivity index (χ3v) is 4.85. The van der Waals surface area contributed by atoms with E-state index in [1.807, 2.05) is 24.3 Å². The minimum Gasteiger partial charge on any atom is -0.308 e. The van der Waals surface area contributed by atoms with Gasteiger partial charge in [0.15, 0.2) is 0 Å². The van der Waals surface area contributed by atoms with Crippen molar-refractivity contribution in [1.29, 1.82) is 0 Å². The number of carbonyl (C=O) groups excluding carboxylic acids is 1. The van der Waals surface area contributed by atoms with Gasteiger partial charge >= 0.3 is 0 Å². The van der Waals surface area contributed by atoms with Crippen LogP contribution in [0.3, 0.4) is 0 Å². The molecular formula is C15H12ClNO3S. The maximum atomic E-state index is 12.6. The van der Waals surface area contributed by atoms with E-state index in [0.29, 0.717) is 12.1 Å². The van der Waals surface area contributed by atoms with Gasteiger partial charge < -0.3 is 4.90 Å². The first-order valence-corrected chi connectivity index (χ1v) is 8.72. The summed E-state index contributed by atoms with van der Waals surface area (Å²) in [6.45, 7) is 0.593. The predicted octanol–water partition coefficient (Wildman–Crippen LogP) is 2.82. The van der Waals surface area contributed by atoms with Crippen molar-refractivity contribution in [2.24, 2.45) is 0 Å². The first-order valence-electron chi connectivity index (χ1n) is 6.41. The summed E-state index contributed by atoms with van der Waals surface area (Å²) < 4.78 is 22.7. The first-order chi connectivity index (χ1) is 9.97. The topological polar surface area (TPSA) is 54.5 Å². The van der Waals surface area contributed by atoms with Crippen molar-refractivity contribution in [2.75, 3.05) is 11.4 Å². The van der Waals surface area contributed by atoms with E-state index in [2.05, 4.69) is 0 Å². The summed E-state index contributed by atoms with van der Waals surface area (Å²) in [5.74, 6) is -0.220. The van der Waals surface area contributed by atoms with Crippen LogP contribution in [0.2, 0.25) is 0 Å². The van der Waals surface area contributed by atoms with E-state index in [1.54, 1.807) is 11.0 Å². The lowest BCUT2D eigenvalue weighted by Gasteiger charge is -2.17. The highest BCUT2D eigenvalue weighted by Crippen LogP contribution is 2.29. The average Bonchev–Trinajstić information content (AvgIpc) is 2.90. The highest BCUT2D eigenvalue weighted by molar-refractivity contribution is 8.13. The molecule has 2 aromatic carbocycles. The SMILES string of the molecule is O=C(c1cccc(S(=O)(=O)Cl)c1)N1CCc2ccccc21. The summed E-state index contributed by atoms with van der Waals surface area (Å²) in [5, 5.41) is 0. The van der Waals surface area contributed by atoms with Crippen LogP contribution >= 0.6 is 10.7 Å². The summed E-state index contributed by atoms with van der Waals surface area (Å²) in [7, 11) is 1.48. The summed E-state index contributed by atoms with van der Waals surface area (Å²) in [5.41, 5.74) is 2.31. The Labute approximate surface area is 127 Å². The number of halogens is 1. The highest BCUT2D eigenvalue weighted by atomic mass is 35.7. The van der Waals surface area contributed by atoms with Crippen LogP contribution in [-0.2, 0) is 15.5 Å². The Balaban J connectivity index is 1.98. The molecule has 0 aromatic heterocycles. The Morgan fingerprint density at radius 3 is 2.62 bits per heavy atom. The fraction of sp³-hybridized carbons (Fsp3) is 0.133. The Morgan fingerprint density at radius 2 is 1.86 bits per heavy atom. The molecule has 1 amide bonds. The molecule has 3 rings (SSSR count). The predicted molar refractivity (Wildman–Crippen MR) is 81.3 cm³/mol. The van der Waals surface area contributed by atoms with Gasteiger partial charge in [-0.2, -0.15) is 0 Å². The van der Waals surface area contributed by atoms with Crippen molar-refractivity contribution in [1.82, 2.24) is 0 Å².